The highest BCUT2D eigenvalue weighted by Crippen LogP contribution is 2.38. The number of rotatable bonds is 13. The van der Waals surface area contributed by atoms with Crippen LogP contribution in [0.15, 0.2) is 54.0 Å². The topological polar surface area (TPSA) is 98.5 Å². The number of amides is 1. The number of thiophene rings is 1. The Morgan fingerprint density at radius 1 is 1.05 bits per heavy atom. The average Bonchev–Trinajstić information content (AvgIpc) is 3.41. The van der Waals surface area contributed by atoms with Gasteiger partial charge in [0.15, 0.2) is 11.5 Å². The van der Waals surface area contributed by atoms with Gasteiger partial charge in [-0.25, -0.2) is 0 Å². The molecule has 4 N–H and O–H groups in total. The van der Waals surface area contributed by atoms with Gasteiger partial charge in [-0.15, -0.1) is 11.3 Å². The SMILES string of the molecule is CCOc1cc2ncc(C(N)=O)c(Nc3cccc(CNCCc4cccs4)c3CC)c2cc1OCC. The zero-order chi connectivity index (χ0) is 26.2. The second kappa shape index (κ2) is 12.6. The van der Waals surface area contributed by atoms with Crippen LogP contribution in [0.4, 0.5) is 11.4 Å². The molecule has 7 nitrogen and oxygen atoms in total. The zero-order valence-electron chi connectivity index (χ0n) is 21.6. The van der Waals surface area contributed by atoms with Crippen molar-refractivity contribution in [2.24, 2.45) is 5.73 Å². The molecule has 0 atom stereocenters. The maximum atomic E-state index is 12.4. The van der Waals surface area contributed by atoms with Gasteiger partial charge in [-0.05, 0) is 61.4 Å². The number of aromatic nitrogens is 1. The van der Waals surface area contributed by atoms with Crippen LogP contribution in [0, 0.1) is 0 Å². The van der Waals surface area contributed by atoms with E-state index < -0.39 is 5.91 Å². The molecule has 0 fully saturated rings. The van der Waals surface area contributed by atoms with E-state index in [2.05, 4.69) is 46.1 Å². The second-order valence-electron chi connectivity index (χ2n) is 8.52. The van der Waals surface area contributed by atoms with Crippen molar-refractivity contribution in [2.45, 2.75) is 40.2 Å². The van der Waals surface area contributed by atoms with E-state index in [1.807, 2.05) is 38.1 Å². The number of pyridine rings is 1. The van der Waals surface area contributed by atoms with Gasteiger partial charge in [0.05, 0.1) is 30.0 Å². The molecule has 2 heterocycles. The van der Waals surface area contributed by atoms with E-state index in [0.717, 1.165) is 37.0 Å². The van der Waals surface area contributed by atoms with Crippen LogP contribution in [0.5, 0.6) is 11.5 Å². The Morgan fingerprint density at radius 3 is 2.51 bits per heavy atom. The number of nitrogens with one attached hydrogen (secondary N) is 2. The number of nitrogens with two attached hydrogens (primary N) is 1. The Morgan fingerprint density at radius 2 is 1.84 bits per heavy atom. The lowest BCUT2D eigenvalue weighted by molar-refractivity contribution is 0.100. The number of nitrogens with zero attached hydrogens (tertiary/aromatic N) is 1. The summed E-state index contributed by atoms with van der Waals surface area (Å²) in [6.45, 7) is 8.64. The van der Waals surface area contributed by atoms with E-state index in [9.17, 15) is 4.79 Å². The van der Waals surface area contributed by atoms with Crippen LogP contribution in [0.2, 0.25) is 0 Å². The molecule has 0 radical (unpaired) electrons. The largest absolute Gasteiger partial charge is 0.490 e. The maximum absolute atomic E-state index is 12.4. The van der Waals surface area contributed by atoms with Crippen LogP contribution in [0.1, 0.15) is 47.1 Å². The monoisotopic (exact) mass is 518 g/mol. The number of benzene rings is 2. The lowest BCUT2D eigenvalue weighted by Gasteiger charge is -2.19. The van der Waals surface area contributed by atoms with Crippen molar-refractivity contribution in [1.82, 2.24) is 10.3 Å². The van der Waals surface area contributed by atoms with Crippen molar-refractivity contribution in [2.75, 3.05) is 25.1 Å². The highest BCUT2D eigenvalue weighted by atomic mass is 32.1. The van der Waals surface area contributed by atoms with Gasteiger partial charge in [-0.1, -0.05) is 25.1 Å². The highest BCUT2D eigenvalue weighted by molar-refractivity contribution is 7.09. The number of carbonyl (C=O) groups excluding carboxylic acids is 1. The fourth-order valence-electron chi connectivity index (χ4n) is 4.42. The Kier molecular flexibility index (Phi) is 8.98. The summed E-state index contributed by atoms with van der Waals surface area (Å²) in [6.07, 6.45) is 3.36. The molecule has 0 saturated carbocycles. The molecular weight excluding hydrogens is 484 g/mol. The molecule has 194 valence electrons. The van der Waals surface area contributed by atoms with E-state index in [-0.39, 0.29) is 0 Å². The Bertz CT molecular complexity index is 1360. The van der Waals surface area contributed by atoms with Gasteiger partial charge in [0.25, 0.3) is 5.91 Å². The summed E-state index contributed by atoms with van der Waals surface area (Å²) in [4.78, 5) is 18.3. The van der Waals surface area contributed by atoms with E-state index in [4.69, 9.17) is 15.2 Å². The standard InChI is InChI=1S/C29H34N4O3S/c1-4-21-19(17-31-13-12-20-10-8-14-37-20)9-7-11-24(21)33-28-22-15-26(35-5-2)27(36-6-3)16-25(22)32-18-23(28)29(30)34/h7-11,14-16,18,31H,4-6,12-13,17H2,1-3H3,(H2,30,34)(H,32,33). The lowest BCUT2D eigenvalue weighted by atomic mass is 10.0. The minimum atomic E-state index is -0.548. The molecule has 8 heteroatoms. The van der Waals surface area contributed by atoms with Crippen LogP contribution in [0.25, 0.3) is 10.9 Å². The van der Waals surface area contributed by atoms with Crippen LogP contribution >= 0.6 is 11.3 Å². The number of ether oxygens (including phenoxy) is 2. The van der Waals surface area contributed by atoms with Crippen LogP contribution < -0.4 is 25.8 Å². The van der Waals surface area contributed by atoms with Crippen molar-refractivity contribution in [3.8, 4) is 11.5 Å². The van der Waals surface area contributed by atoms with Gasteiger partial charge < -0.3 is 25.8 Å². The third kappa shape index (κ3) is 6.21. The number of anilines is 2. The Balaban J connectivity index is 1.68. The quantitative estimate of drug-likeness (QED) is 0.193. The van der Waals surface area contributed by atoms with Crippen LogP contribution in [-0.2, 0) is 19.4 Å². The summed E-state index contributed by atoms with van der Waals surface area (Å²) in [6, 6.07) is 14.2. The molecule has 0 saturated heterocycles. The first-order valence-corrected chi connectivity index (χ1v) is 13.6. The molecule has 0 aliphatic carbocycles. The van der Waals surface area contributed by atoms with E-state index in [1.165, 1.54) is 22.2 Å². The minimum Gasteiger partial charge on any atom is -0.490 e. The number of fused-ring (bicyclic) bond motifs is 1. The van der Waals surface area contributed by atoms with E-state index in [0.29, 0.717) is 41.5 Å². The number of hydrogen-bond donors (Lipinski definition) is 3. The summed E-state index contributed by atoms with van der Waals surface area (Å²) >= 11 is 1.78. The summed E-state index contributed by atoms with van der Waals surface area (Å²) in [7, 11) is 0. The number of hydrogen-bond acceptors (Lipinski definition) is 7. The van der Waals surface area contributed by atoms with Crippen molar-refractivity contribution in [1.29, 1.82) is 0 Å². The van der Waals surface area contributed by atoms with Crippen molar-refractivity contribution >= 4 is 39.5 Å². The normalized spacial score (nSPS) is 11.0. The summed E-state index contributed by atoms with van der Waals surface area (Å²) in [5.74, 6) is 0.669. The fraction of sp³-hybridized carbons (Fsp3) is 0.310. The van der Waals surface area contributed by atoms with Gasteiger partial charge in [-0.2, -0.15) is 0 Å². The molecule has 2 aromatic heterocycles. The predicted molar refractivity (Wildman–Crippen MR) is 151 cm³/mol. The van der Waals surface area contributed by atoms with Gasteiger partial charge in [0.1, 0.15) is 0 Å². The van der Waals surface area contributed by atoms with Crippen molar-refractivity contribution < 1.29 is 14.3 Å². The molecule has 4 rings (SSSR count). The van der Waals surface area contributed by atoms with Gasteiger partial charge in [-0.3, -0.25) is 9.78 Å². The van der Waals surface area contributed by atoms with Gasteiger partial charge in [0.2, 0.25) is 0 Å². The first-order chi connectivity index (χ1) is 18.0. The minimum absolute atomic E-state index is 0.320. The summed E-state index contributed by atoms with van der Waals surface area (Å²) < 4.78 is 11.6. The average molecular weight is 519 g/mol. The predicted octanol–water partition coefficient (Wildman–Crippen LogP) is 5.83. The zero-order valence-corrected chi connectivity index (χ0v) is 22.4. The molecule has 0 unspecified atom stereocenters. The van der Waals surface area contributed by atoms with Gasteiger partial charge in [0, 0.05) is 41.3 Å². The number of carbonyl (C=O) groups is 1. The molecule has 2 aromatic carbocycles. The van der Waals surface area contributed by atoms with Crippen molar-refractivity contribution in [3.63, 3.8) is 0 Å². The van der Waals surface area contributed by atoms with Crippen LogP contribution in [-0.4, -0.2) is 30.6 Å². The molecule has 0 bridgehead atoms. The Labute approximate surface area is 222 Å². The van der Waals surface area contributed by atoms with Gasteiger partial charge >= 0.3 is 0 Å². The Hall–Kier alpha value is -3.62. The third-order valence-electron chi connectivity index (χ3n) is 6.13. The maximum Gasteiger partial charge on any atom is 0.252 e. The molecular formula is C29H34N4O3S. The molecule has 0 aliphatic heterocycles. The first-order valence-electron chi connectivity index (χ1n) is 12.7. The summed E-state index contributed by atoms with van der Waals surface area (Å²) in [5, 5.41) is 9.95. The summed E-state index contributed by atoms with van der Waals surface area (Å²) in [5.41, 5.74) is 10.7. The molecule has 4 aromatic rings. The van der Waals surface area contributed by atoms with Crippen LogP contribution in [0.3, 0.4) is 0 Å². The molecule has 37 heavy (non-hydrogen) atoms. The number of primary amides is 1. The highest BCUT2D eigenvalue weighted by Gasteiger charge is 2.18. The fourth-order valence-corrected chi connectivity index (χ4v) is 5.13. The third-order valence-corrected chi connectivity index (χ3v) is 7.06. The molecule has 1 amide bonds. The second-order valence-corrected chi connectivity index (χ2v) is 9.55. The first kappa shape index (κ1) is 26.4. The van der Waals surface area contributed by atoms with E-state index in [1.54, 1.807) is 11.3 Å². The van der Waals surface area contributed by atoms with Crippen molar-refractivity contribution in [3.05, 3.63) is 75.6 Å². The lowest BCUT2D eigenvalue weighted by Crippen LogP contribution is -2.18. The van der Waals surface area contributed by atoms with E-state index >= 15 is 0 Å². The molecule has 0 aliphatic rings. The molecule has 0 spiro atoms. The smallest absolute Gasteiger partial charge is 0.252 e.